The standard InChI is InChI=1S/C38H24N3O.Pt/c42-35-20-9-8-18-32(35)38-40-36-33-24-25(34-19-10-11-23-39-34)21-22-30(33)28-15-5-4-14-27(28)29-16-6-7-17-31(29)37(36)41(38)26-12-2-1-3-13-26;/h1-23,42H;/q-1;. The zero-order valence-corrected chi connectivity index (χ0v) is 25.2. The fraction of sp³-hybridized carbons (Fsp3) is 0. The molecule has 0 fully saturated rings. The summed E-state index contributed by atoms with van der Waals surface area (Å²) in [6, 6.07) is 48.5. The third kappa shape index (κ3) is 4.43. The second kappa shape index (κ2) is 11.0. The number of nitrogens with zero attached hydrogens (tertiary/aromatic N) is 3. The van der Waals surface area contributed by atoms with Crippen molar-refractivity contribution in [2.24, 2.45) is 0 Å². The Bertz CT molecular complexity index is 2100. The number of hydrogen-bond donors (Lipinski definition) is 1. The molecule has 0 saturated carbocycles. The Morgan fingerprint density at radius 2 is 1.16 bits per heavy atom. The first-order chi connectivity index (χ1) is 20.8. The summed E-state index contributed by atoms with van der Waals surface area (Å²) in [6.07, 6.45) is 1.80. The summed E-state index contributed by atoms with van der Waals surface area (Å²) >= 11 is 0. The van der Waals surface area contributed by atoms with Crippen molar-refractivity contribution in [1.29, 1.82) is 0 Å². The summed E-state index contributed by atoms with van der Waals surface area (Å²) in [7, 11) is 0. The van der Waals surface area contributed by atoms with Gasteiger partial charge in [-0.15, -0.1) is 18.2 Å². The van der Waals surface area contributed by atoms with Gasteiger partial charge in [0, 0.05) is 55.6 Å². The second-order valence-corrected chi connectivity index (χ2v) is 10.3. The molecular formula is C38H24N3OPt-. The predicted octanol–water partition coefficient (Wildman–Crippen LogP) is 9.09. The van der Waals surface area contributed by atoms with E-state index in [9.17, 15) is 5.11 Å². The molecule has 1 N–H and O–H groups in total. The fourth-order valence-corrected chi connectivity index (χ4v) is 5.97. The van der Waals surface area contributed by atoms with Crippen LogP contribution in [0.25, 0.3) is 73.1 Å². The molecule has 208 valence electrons. The fourth-order valence-electron chi connectivity index (χ4n) is 5.97. The molecular weight excluding hydrogens is 710 g/mol. The Morgan fingerprint density at radius 3 is 1.86 bits per heavy atom. The zero-order chi connectivity index (χ0) is 28.0. The van der Waals surface area contributed by atoms with Gasteiger partial charge in [0.2, 0.25) is 0 Å². The molecule has 0 spiro atoms. The number of phenols is 1. The molecule has 2 aromatic heterocycles. The van der Waals surface area contributed by atoms with E-state index in [1.54, 1.807) is 12.3 Å². The number of benzene rings is 5. The van der Waals surface area contributed by atoms with Crippen LogP contribution in [0.2, 0.25) is 0 Å². The van der Waals surface area contributed by atoms with Crippen LogP contribution in [-0.4, -0.2) is 19.6 Å². The van der Waals surface area contributed by atoms with Crippen molar-refractivity contribution in [1.82, 2.24) is 14.5 Å². The SMILES string of the molecule is Oc1ccccc1-c1nc2c(n1-c1ccccc1)-c1ccccc1-c1ccccc1-c1ccc(-c3ccccn3)[c-]c1-2.[Pt]. The average Bonchev–Trinajstić information content (AvgIpc) is 3.45. The summed E-state index contributed by atoms with van der Waals surface area (Å²) in [5, 5.41) is 11.1. The number of phenolic OH excluding ortho intramolecular Hbond substituents is 1. The molecule has 2 heterocycles. The van der Waals surface area contributed by atoms with Gasteiger partial charge in [-0.3, -0.25) is 14.5 Å². The van der Waals surface area contributed by atoms with Gasteiger partial charge >= 0.3 is 0 Å². The third-order valence-electron chi connectivity index (χ3n) is 7.85. The van der Waals surface area contributed by atoms with Crippen LogP contribution in [0, 0.1) is 6.07 Å². The van der Waals surface area contributed by atoms with Gasteiger partial charge in [0.25, 0.3) is 0 Å². The van der Waals surface area contributed by atoms with E-state index in [0.29, 0.717) is 11.4 Å². The number of pyridine rings is 1. The monoisotopic (exact) mass is 733 g/mol. The van der Waals surface area contributed by atoms with E-state index in [1.165, 1.54) is 0 Å². The summed E-state index contributed by atoms with van der Waals surface area (Å²) in [4.78, 5) is 9.97. The molecule has 0 amide bonds. The van der Waals surface area contributed by atoms with Crippen LogP contribution >= 0.6 is 0 Å². The summed E-state index contributed by atoms with van der Waals surface area (Å²) in [6.45, 7) is 0. The van der Waals surface area contributed by atoms with Crippen LogP contribution in [-0.2, 0) is 21.1 Å². The Balaban J connectivity index is 0.00000300. The molecule has 4 nitrogen and oxygen atoms in total. The number of aromatic nitrogens is 3. The molecule has 8 rings (SSSR count). The quantitative estimate of drug-likeness (QED) is 0.185. The molecule has 0 atom stereocenters. The van der Waals surface area contributed by atoms with Crippen molar-refractivity contribution in [2.75, 3.05) is 0 Å². The molecule has 1 aliphatic carbocycles. The topological polar surface area (TPSA) is 50.9 Å². The Morgan fingerprint density at radius 1 is 0.558 bits per heavy atom. The maximum absolute atomic E-state index is 11.1. The summed E-state index contributed by atoms with van der Waals surface area (Å²) in [5.74, 6) is 0.836. The maximum atomic E-state index is 11.1. The predicted molar refractivity (Wildman–Crippen MR) is 168 cm³/mol. The molecule has 0 unspecified atom stereocenters. The first kappa shape index (κ1) is 26.8. The van der Waals surface area contributed by atoms with E-state index in [0.717, 1.165) is 61.7 Å². The third-order valence-corrected chi connectivity index (χ3v) is 7.85. The first-order valence-corrected chi connectivity index (χ1v) is 13.9. The Kier molecular flexibility index (Phi) is 6.85. The zero-order valence-electron chi connectivity index (χ0n) is 22.9. The van der Waals surface area contributed by atoms with Crippen molar-refractivity contribution < 1.29 is 26.2 Å². The number of aromatic hydroxyl groups is 1. The van der Waals surface area contributed by atoms with Crippen molar-refractivity contribution in [2.45, 2.75) is 0 Å². The van der Waals surface area contributed by atoms with Gasteiger partial charge in [0.05, 0.1) is 5.56 Å². The molecule has 0 aliphatic heterocycles. The second-order valence-electron chi connectivity index (χ2n) is 10.3. The van der Waals surface area contributed by atoms with Gasteiger partial charge in [0.15, 0.2) is 0 Å². The number of hydrogen-bond acceptors (Lipinski definition) is 3. The smallest absolute Gasteiger partial charge is 0.141 e. The summed E-state index contributed by atoms with van der Waals surface area (Å²) < 4.78 is 2.17. The molecule has 5 heteroatoms. The normalized spacial score (nSPS) is 11.2. The van der Waals surface area contributed by atoms with E-state index in [2.05, 4.69) is 88.4 Å². The molecule has 0 saturated heterocycles. The van der Waals surface area contributed by atoms with Gasteiger partial charge in [0.1, 0.15) is 11.6 Å². The number of imidazole rings is 1. The minimum atomic E-state index is 0. The van der Waals surface area contributed by atoms with Crippen LogP contribution in [0.1, 0.15) is 0 Å². The molecule has 0 radical (unpaired) electrons. The number of rotatable bonds is 3. The van der Waals surface area contributed by atoms with E-state index >= 15 is 0 Å². The summed E-state index contributed by atoms with van der Waals surface area (Å²) in [5.41, 5.74) is 11.5. The molecule has 5 aromatic carbocycles. The largest absolute Gasteiger partial charge is 0.507 e. The average molecular weight is 734 g/mol. The molecule has 43 heavy (non-hydrogen) atoms. The minimum absolute atomic E-state index is 0. The van der Waals surface area contributed by atoms with Crippen LogP contribution in [0.4, 0.5) is 0 Å². The Labute approximate surface area is 264 Å². The van der Waals surface area contributed by atoms with Gasteiger partial charge in [-0.05, 0) is 47.0 Å². The molecule has 0 bridgehead atoms. The van der Waals surface area contributed by atoms with Gasteiger partial charge in [-0.2, -0.15) is 0 Å². The Hall–Kier alpha value is -5.05. The van der Waals surface area contributed by atoms with E-state index in [1.807, 2.05) is 54.6 Å². The molecule has 7 aromatic rings. The number of para-hydroxylation sites is 2. The van der Waals surface area contributed by atoms with Gasteiger partial charge < -0.3 is 5.11 Å². The minimum Gasteiger partial charge on any atom is -0.507 e. The van der Waals surface area contributed by atoms with Crippen molar-refractivity contribution >= 4 is 0 Å². The van der Waals surface area contributed by atoms with Crippen LogP contribution < -0.4 is 0 Å². The van der Waals surface area contributed by atoms with Crippen molar-refractivity contribution in [3.05, 3.63) is 146 Å². The number of fused-ring (bicyclic) bond motifs is 8. The van der Waals surface area contributed by atoms with E-state index in [-0.39, 0.29) is 26.8 Å². The maximum Gasteiger partial charge on any atom is 0.141 e. The van der Waals surface area contributed by atoms with Crippen LogP contribution in [0.3, 0.4) is 0 Å². The van der Waals surface area contributed by atoms with Crippen LogP contribution in [0.5, 0.6) is 5.75 Å². The van der Waals surface area contributed by atoms with E-state index in [4.69, 9.17) is 4.98 Å². The molecule has 1 aliphatic rings. The van der Waals surface area contributed by atoms with Gasteiger partial charge in [-0.25, -0.2) is 0 Å². The van der Waals surface area contributed by atoms with E-state index < -0.39 is 0 Å². The van der Waals surface area contributed by atoms with Gasteiger partial charge in [-0.1, -0.05) is 108 Å². The van der Waals surface area contributed by atoms with Crippen molar-refractivity contribution in [3.63, 3.8) is 0 Å². The first-order valence-electron chi connectivity index (χ1n) is 13.9. The van der Waals surface area contributed by atoms with Crippen LogP contribution in [0.15, 0.2) is 140 Å². The van der Waals surface area contributed by atoms with Crippen molar-refractivity contribution in [3.8, 4) is 78.9 Å².